The van der Waals surface area contributed by atoms with Gasteiger partial charge in [-0.1, -0.05) is 0 Å². The minimum atomic E-state index is -0.508. The summed E-state index contributed by atoms with van der Waals surface area (Å²) >= 11 is 0. The van der Waals surface area contributed by atoms with Crippen LogP contribution in [0.15, 0.2) is 0 Å². The van der Waals surface area contributed by atoms with Crippen molar-refractivity contribution in [1.29, 1.82) is 0 Å². The van der Waals surface area contributed by atoms with E-state index in [2.05, 4.69) is 15.5 Å². The van der Waals surface area contributed by atoms with Crippen LogP contribution in [0, 0.1) is 0 Å². The van der Waals surface area contributed by atoms with Crippen LogP contribution in [0.25, 0.3) is 0 Å². The third-order valence-corrected chi connectivity index (χ3v) is 2.27. The van der Waals surface area contributed by atoms with Crippen molar-refractivity contribution in [3.8, 4) is 0 Å². The minimum absolute atomic E-state index is 0.386. The molecule has 112 valence electrons. The Bertz CT molecular complexity index is 289. The van der Waals surface area contributed by atoms with Gasteiger partial charge in [0.2, 0.25) is 0 Å². The average molecular weight is 275 g/mol. The first-order valence-corrected chi connectivity index (χ1v) is 6.31. The van der Waals surface area contributed by atoms with Crippen molar-refractivity contribution in [2.45, 2.75) is 51.7 Å². The zero-order valence-corrected chi connectivity index (χ0v) is 12.1. The standard InChI is InChI=1S/C12H25N3O4/c1-12(2,3)19-11(17)14-8-6-5-7-9(15-13)10(16)18-4/h9,15H,5-8,13H2,1-4H3,(H,14,17)/t9-/m0/s1. The molecule has 0 unspecified atom stereocenters. The first-order chi connectivity index (χ1) is 8.80. The van der Waals surface area contributed by atoms with Gasteiger partial charge in [-0.25, -0.2) is 10.2 Å². The van der Waals surface area contributed by atoms with E-state index in [-0.39, 0.29) is 5.97 Å². The average Bonchev–Trinajstić information content (AvgIpc) is 2.30. The van der Waals surface area contributed by atoms with Crippen molar-refractivity contribution in [3.05, 3.63) is 0 Å². The zero-order chi connectivity index (χ0) is 14.9. The Morgan fingerprint density at radius 3 is 2.37 bits per heavy atom. The number of methoxy groups -OCH3 is 1. The number of rotatable bonds is 7. The number of amides is 1. The molecule has 0 aliphatic heterocycles. The molecule has 4 N–H and O–H groups in total. The van der Waals surface area contributed by atoms with Crippen LogP contribution in [0.5, 0.6) is 0 Å². The molecule has 0 aromatic heterocycles. The molecule has 1 amide bonds. The van der Waals surface area contributed by atoms with Gasteiger partial charge in [0.15, 0.2) is 0 Å². The van der Waals surface area contributed by atoms with Crippen LogP contribution in [0.4, 0.5) is 4.79 Å². The number of hydrogen-bond donors (Lipinski definition) is 3. The monoisotopic (exact) mass is 275 g/mol. The highest BCUT2D eigenvalue weighted by molar-refractivity contribution is 5.75. The van der Waals surface area contributed by atoms with Gasteiger partial charge in [-0.15, -0.1) is 0 Å². The lowest BCUT2D eigenvalue weighted by Crippen LogP contribution is -2.42. The number of unbranched alkanes of at least 4 members (excludes halogenated alkanes) is 1. The number of hydrogen-bond acceptors (Lipinski definition) is 6. The zero-order valence-electron chi connectivity index (χ0n) is 12.1. The van der Waals surface area contributed by atoms with Gasteiger partial charge < -0.3 is 14.8 Å². The summed E-state index contributed by atoms with van der Waals surface area (Å²) in [7, 11) is 1.32. The maximum Gasteiger partial charge on any atom is 0.407 e. The molecule has 0 saturated carbocycles. The Kier molecular flexibility index (Phi) is 8.09. The number of hydrazine groups is 1. The van der Waals surface area contributed by atoms with Gasteiger partial charge in [-0.3, -0.25) is 10.6 Å². The highest BCUT2D eigenvalue weighted by Gasteiger charge is 2.17. The number of nitrogens with one attached hydrogen (secondary N) is 2. The van der Waals surface area contributed by atoms with Crippen LogP contribution >= 0.6 is 0 Å². The summed E-state index contributed by atoms with van der Waals surface area (Å²) in [4.78, 5) is 22.5. The van der Waals surface area contributed by atoms with Gasteiger partial charge in [0.25, 0.3) is 0 Å². The van der Waals surface area contributed by atoms with Gasteiger partial charge in [-0.2, -0.15) is 0 Å². The molecule has 0 radical (unpaired) electrons. The molecule has 0 heterocycles. The molecule has 19 heavy (non-hydrogen) atoms. The van der Waals surface area contributed by atoms with Gasteiger partial charge in [0.05, 0.1) is 7.11 Å². The summed E-state index contributed by atoms with van der Waals surface area (Å²) in [6.45, 7) is 5.91. The fourth-order valence-electron chi connectivity index (χ4n) is 1.39. The number of carbonyl (C=O) groups is 2. The highest BCUT2D eigenvalue weighted by atomic mass is 16.6. The Labute approximate surface area is 114 Å². The molecule has 0 saturated heterocycles. The van der Waals surface area contributed by atoms with Gasteiger partial charge >= 0.3 is 12.1 Å². The predicted molar refractivity (Wildman–Crippen MR) is 71.2 cm³/mol. The quantitative estimate of drug-likeness (QED) is 0.273. The Morgan fingerprint density at radius 2 is 1.89 bits per heavy atom. The number of alkyl carbamates (subject to hydrolysis) is 1. The third-order valence-electron chi connectivity index (χ3n) is 2.27. The Morgan fingerprint density at radius 1 is 1.26 bits per heavy atom. The summed E-state index contributed by atoms with van der Waals surface area (Å²) in [6, 6.07) is -0.508. The van der Waals surface area contributed by atoms with Gasteiger partial charge in [0, 0.05) is 6.54 Å². The van der Waals surface area contributed by atoms with E-state index in [0.29, 0.717) is 13.0 Å². The Hall–Kier alpha value is -1.34. The molecule has 0 aromatic carbocycles. The number of esters is 1. The van der Waals surface area contributed by atoms with Crippen LogP contribution in [-0.2, 0) is 14.3 Å². The molecule has 0 aliphatic carbocycles. The van der Waals surface area contributed by atoms with E-state index in [0.717, 1.165) is 12.8 Å². The largest absolute Gasteiger partial charge is 0.468 e. The van der Waals surface area contributed by atoms with Crippen LogP contribution in [0.3, 0.4) is 0 Å². The van der Waals surface area contributed by atoms with E-state index >= 15 is 0 Å². The summed E-state index contributed by atoms with van der Waals surface area (Å²) in [5, 5.41) is 2.65. The molecule has 0 aromatic rings. The van der Waals surface area contributed by atoms with Crippen molar-refractivity contribution in [1.82, 2.24) is 10.7 Å². The molecule has 7 heteroatoms. The second-order valence-corrected chi connectivity index (χ2v) is 5.17. The Balaban J connectivity index is 3.70. The van der Waals surface area contributed by atoms with E-state index in [1.807, 2.05) is 0 Å². The van der Waals surface area contributed by atoms with Crippen molar-refractivity contribution in [2.75, 3.05) is 13.7 Å². The van der Waals surface area contributed by atoms with Crippen molar-refractivity contribution in [3.63, 3.8) is 0 Å². The minimum Gasteiger partial charge on any atom is -0.468 e. The van der Waals surface area contributed by atoms with Crippen LogP contribution in [0.2, 0.25) is 0 Å². The second kappa shape index (κ2) is 8.71. The second-order valence-electron chi connectivity index (χ2n) is 5.17. The fraction of sp³-hybridized carbons (Fsp3) is 0.833. The summed E-state index contributed by atoms with van der Waals surface area (Å²) in [5.74, 6) is 4.85. The molecule has 1 atom stereocenters. The third kappa shape index (κ3) is 9.26. The van der Waals surface area contributed by atoms with Crippen molar-refractivity contribution >= 4 is 12.1 Å². The first-order valence-electron chi connectivity index (χ1n) is 6.31. The molecular weight excluding hydrogens is 250 g/mol. The molecule has 0 spiro atoms. The summed E-state index contributed by atoms with van der Waals surface area (Å²) in [6.07, 6.45) is 1.59. The maximum atomic E-state index is 11.3. The molecule has 0 bridgehead atoms. The van der Waals surface area contributed by atoms with Crippen LogP contribution < -0.4 is 16.6 Å². The van der Waals surface area contributed by atoms with Gasteiger partial charge in [0.1, 0.15) is 11.6 Å². The van der Waals surface area contributed by atoms with E-state index in [4.69, 9.17) is 10.6 Å². The van der Waals surface area contributed by atoms with E-state index < -0.39 is 17.7 Å². The van der Waals surface area contributed by atoms with E-state index in [1.54, 1.807) is 20.8 Å². The molecular formula is C12H25N3O4. The van der Waals surface area contributed by atoms with Gasteiger partial charge in [-0.05, 0) is 40.0 Å². The summed E-state index contributed by atoms with van der Waals surface area (Å²) in [5.41, 5.74) is 1.90. The predicted octanol–water partition coefficient (Wildman–Crippen LogP) is 0.686. The van der Waals surface area contributed by atoms with Crippen molar-refractivity contribution < 1.29 is 19.1 Å². The molecule has 0 aliphatic rings. The lowest BCUT2D eigenvalue weighted by atomic mass is 10.1. The van der Waals surface area contributed by atoms with E-state index in [9.17, 15) is 9.59 Å². The molecule has 0 fully saturated rings. The highest BCUT2D eigenvalue weighted by Crippen LogP contribution is 2.06. The number of carbonyl (C=O) groups excluding carboxylic acids is 2. The lowest BCUT2D eigenvalue weighted by molar-refractivity contribution is -0.143. The van der Waals surface area contributed by atoms with E-state index in [1.165, 1.54) is 7.11 Å². The number of nitrogens with two attached hydrogens (primary N) is 1. The SMILES string of the molecule is COC(=O)[C@H](CCCCNC(=O)OC(C)(C)C)NN. The maximum absolute atomic E-state index is 11.3. The fourth-order valence-corrected chi connectivity index (χ4v) is 1.39. The molecule has 7 nitrogen and oxygen atoms in total. The van der Waals surface area contributed by atoms with Crippen molar-refractivity contribution in [2.24, 2.45) is 5.84 Å². The number of ether oxygens (including phenoxy) is 2. The topological polar surface area (TPSA) is 103 Å². The molecule has 0 rings (SSSR count). The first kappa shape index (κ1) is 17.7. The summed E-state index contributed by atoms with van der Waals surface area (Å²) < 4.78 is 9.67. The lowest BCUT2D eigenvalue weighted by Gasteiger charge is -2.19. The van der Waals surface area contributed by atoms with Crippen LogP contribution in [-0.4, -0.2) is 37.4 Å². The van der Waals surface area contributed by atoms with Crippen LogP contribution in [0.1, 0.15) is 40.0 Å². The smallest absolute Gasteiger partial charge is 0.407 e. The normalized spacial score (nSPS) is 12.7.